The molecule has 4 N–H and O–H groups in total. The molecular formula is C28H62N2O2. The number of hydroxylamine groups is 2. The lowest BCUT2D eigenvalue weighted by atomic mass is 10.1. The van der Waals surface area contributed by atoms with Crippen molar-refractivity contribution in [3.8, 4) is 0 Å². The standard InChI is InChI=1S/C28H59NO.H3NO/c1-3-5-7-9-11-13-15-17-19-21-23-25-27-29(30)28-26-24-22-20-18-16-14-12-10-8-6-4-2;1-2/h30H,3-28H2,1-2H3;2H,1H2. The molecule has 0 fully saturated rings. The molecule has 0 aliphatic rings. The maximum Gasteiger partial charge on any atom is 0.0238 e. The Kier molecular flexibility index (Phi) is 35.1. The molecule has 32 heavy (non-hydrogen) atoms. The largest absolute Gasteiger partial charge is 0.320 e. The Hall–Kier alpha value is -0.160. The lowest BCUT2D eigenvalue weighted by molar-refractivity contribution is -0.0925. The lowest BCUT2D eigenvalue weighted by Crippen LogP contribution is -2.21. The molecular weight excluding hydrogens is 396 g/mol. The summed E-state index contributed by atoms with van der Waals surface area (Å²) in [5.74, 6) is 3.50. The summed E-state index contributed by atoms with van der Waals surface area (Å²) in [4.78, 5) is 0. The van der Waals surface area contributed by atoms with Crippen LogP contribution < -0.4 is 5.90 Å². The van der Waals surface area contributed by atoms with Crippen molar-refractivity contribution in [1.29, 1.82) is 0 Å². The third kappa shape index (κ3) is 32.0. The molecule has 0 spiro atoms. The smallest absolute Gasteiger partial charge is 0.0238 e. The van der Waals surface area contributed by atoms with Gasteiger partial charge in [-0.3, -0.25) is 0 Å². The Morgan fingerprint density at radius 2 is 0.562 bits per heavy atom. The van der Waals surface area contributed by atoms with Gasteiger partial charge in [-0.1, -0.05) is 155 Å². The van der Waals surface area contributed by atoms with Crippen LogP contribution in [0.3, 0.4) is 0 Å². The highest BCUT2D eigenvalue weighted by Gasteiger charge is 2.01. The van der Waals surface area contributed by atoms with Crippen LogP contribution in [0.5, 0.6) is 0 Å². The number of unbranched alkanes of at least 4 members (excludes halogenated alkanes) is 22. The van der Waals surface area contributed by atoms with Gasteiger partial charge in [0.2, 0.25) is 0 Å². The van der Waals surface area contributed by atoms with Gasteiger partial charge >= 0.3 is 0 Å². The topological polar surface area (TPSA) is 69.7 Å². The van der Waals surface area contributed by atoms with Crippen LogP contribution in [0.15, 0.2) is 0 Å². The zero-order chi connectivity index (χ0) is 24.0. The number of rotatable bonds is 26. The average molecular weight is 459 g/mol. The highest BCUT2D eigenvalue weighted by Crippen LogP contribution is 2.13. The molecule has 0 aliphatic carbocycles. The van der Waals surface area contributed by atoms with E-state index in [-0.39, 0.29) is 0 Å². The van der Waals surface area contributed by atoms with Gasteiger partial charge in [0, 0.05) is 13.1 Å². The SMILES string of the molecule is CCCCCCCCCCCCCCN(O)CCCCCCCCCCCCCC.NO. The molecule has 0 aromatic carbocycles. The molecule has 0 heterocycles. The Labute approximate surface area is 202 Å². The van der Waals surface area contributed by atoms with Gasteiger partial charge in [0.05, 0.1) is 0 Å². The van der Waals surface area contributed by atoms with Gasteiger partial charge in [-0.25, -0.2) is 5.90 Å². The van der Waals surface area contributed by atoms with Gasteiger partial charge in [-0.2, -0.15) is 5.06 Å². The lowest BCUT2D eigenvalue weighted by Gasteiger charge is -2.14. The molecule has 196 valence electrons. The van der Waals surface area contributed by atoms with E-state index in [2.05, 4.69) is 19.7 Å². The summed E-state index contributed by atoms with van der Waals surface area (Å²) in [5, 5.41) is 18.1. The molecule has 0 saturated carbocycles. The van der Waals surface area contributed by atoms with Crippen molar-refractivity contribution in [2.75, 3.05) is 13.1 Å². The van der Waals surface area contributed by atoms with Crippen LogP contribution in [0.2, 0.25) is 0 Å². The second-order valence-corrected chi connectivity index (χ2v) is 9.73. The molecule has 0 saturated heterocycles. The second-order valence-electron chi connectivity index (χ2n) is 9.73. The van der Waals surface area contributed by atoms with Crippen LogP contribution >= 0.6 is 0 Å². The van der Waals surface area contributed by atoms with E-state index in [1.807, 2.05) is 0 Å². The van der Waals surface area contributed by atoms with Crippen molar-refractivity contribution in [3.05, 3.63) is 0 Å². The van der Waals surface area contributed by atoms with Crippen LogP contribution in [0.1, 0.15) is 168 Å². The summed E-state index contributed by atoms with van der Waals surface area (Å²) in [6.45, 7) is 6.32. The first kappa shape index (κ1) is 34.0. The Bertz CT molecular complexity index is 275. The first-order valence-corrected chi connectivity index (χ1v) is 14.5. The van der Waals surface area contributed by atoms with E-state index in [0.29, 0.717) is 0 Å². The fraction of sp³-hybridized carbons (Fsp3) is 1.00. The zero-order valence-electron chi connectivity index (χ0n) is 22.3. The van der Waals surface area contributed by atoms with E-state index in [1.54, 1.807) is 5.06 Å². The van der Waals surface area contributed by atoms with Crippen molar-refractivity contribution < 1.29 is 10.4 Å². The van der Waals surface area contributed by atoms with Gasteiger partial charge in [0.25, 0.3) is 0 Å². The predicted octanol–water partition coefficient (Wildman–Crippen LogP) is 9.41. The molecule has 4 heteroatoms. The molecule has 0 aromatic rings. The highest BCUT2D eigenvalue weighted by atomic mass is 16.5. The molecule has 0 bridgehead atoms. The number of nitrogens with zero attached hydrogens (tertiary/aromatic N) is 1. The van der Waals surface area contributed by atoms with Crippen molar-refractivity contribution in [2.45, 2.75) is 168 Å². The summed E-state index contributed by atoms with van der Waals surface area (Å²) < 4.78 is 0. The van der Waals surface area contributed by atoms with Gasteiger partial charge in [-0.15, -0.1) is 0 Å². The molecule has 0 radical (unpaired) electrons. The number of hydrogen-bond donors (Lipinski definition) is 3. The maximum atomic E-state index is 10.0. The van der Waals surface area contributed by atoms with E-state index < -0.39 is 0 Å². The van der Waals surface area contributed by atoms with Gasteiger partial charge < -0.3 is 10.4 Å². The van der Waals surface area contributed by atoms with Crippen molar-refractivity contribution in [2.24, 2.45) is 5.90 Å². The van der Waals surface area contributed by atoms with E-state index in [0.717, 1.165) is 25.9 Å². The summed E-state index contributed by atoms with van der Waals surface area (Å²) in [7, 11) is 0. The Balaban J connectivity index is 0. The normalized spacial score (nSPS) is 11.1. The third-order valence-electron chi connectivity index (χ3n) is 6.54. The molecule has 0 unspecified atom stereocenters. The van der Waals surface area contributed by atoms with Gasteiger partial charge in [-0.05, 0) is 12.8 Å². The molecule has 0 aromatic heterocycles. The first-order valence-electron chi connectivity index (χ1n) is 14.5. The zero-order valence-corrected chi connectivity index (χ0v) is 22.3. The van der Waals surface area contributed by atoms with Crippen LogP contribution in [-0.4, -0.2) is 28.6 Å². The van der Waals surface area contributed by atoms with E-state index in [4.69, 9.17) is 5.21 Å². The highest BCUT2D eigenvalue weighted by molar-refractivity contribution is 4.53. The minimum atomic E-state index is 0.870. The van der Waals surface area contributed by atoms with Gasteiger partial charge in [0.1, 0.15) is 0 Å². The molecule has 4 nitrogen and oxygen atoms in total. The fourth-order valence-corrected chi connectivity index (χ4v) is 4.38. The van der Waals surface area contributed by atoms with Crippen molar-refractivity contribution in [1.82, 2.24) is 5.06 Å². The maximum absolute atomic E-state index is 10.0. The van der Waals surface area contributed by atoms with Crippen LogP contribution in [0.4, 0.5) is 0 Å². The fourth-order valence-electron chi connectivity index (χ4n) is 4.38. The third-order valence-corrected chi connectivity index (χ3v) is 6.54. The van der Waals surface area contributed by atoms with E-state index >= 15 is 0 Å². The summed E-state index contributed by atoms with van der Waals surface area (Å²) in [5.41, 5.74) is 0. The quantitative estimate of drug-likeness (QED) is 0.0891. The van der Waals surface area contributed by atoms with E-state index in [1.165, 1.54) is 141 Å². The summed E-state index contributed by atoms with van der Waals surface area (Å²) in [6, 6.07) is 0. The van der Waals surface area contributed by atoms with Crippen molar-refractivity contribution >= 4 is 0 Å². The van der Waals surface area contributed by atoms with E-state index in [9.17, 15) is 5.21 Å². The van der Waals surface area contributed by atoms with Gasteiger partial charge in [0.15, 0.2) is 0 Å². The second kappa shape index (κ2) is 33.0. The van der Waals surface area contributed by atoms with Crippen LogP contribution in [0.25, 0.3) is 0 Å². The molecule has 0 rings (SSSR count). The Morgan fingerprint density at radius 3 is 0.781 bits per heavy atom. The number of hydrogen-bond acceptors (Lipinski definition) is 4. The molecule has 0 amide bonds. The number of nitrogens with two attached hydrogens (primary N) is 1. The molecule has 0 atom stereocenters. The van der Waals surface area contributed by atoms with Crippen LogP contribution in [0, 0.1) is 0 Å². The van der Waals surface area contributed by atoms with Crippen LogP contribution in [-0.2, 0) is 0 Å². The molecule has 0 aliphatic heterocycles. The monoisotopic (exact) mass is 458 g/mol. The predicted molar refractivity (Wildman–Crippen MR) is 141 cm³/mol. The van der Waals surface area contributed by atoms with Crippen molar-refractivity contribution in [3.63, 3.8) is 0 Å². The summed E-state index contributed by atoms with van der Waals surface area (Å²) >= 11 is 0. The average Bonchev–Trinajstić information content (AvgIpc) is 2.81. The minimum absolute atomic E-state index is 0.870. The minimum Gasteiger partial charge on any atom is -0.320 e. The first-order chi connectivity index (χ1) is 15.8. The Morgan fingerprint density at radius 1 is 0.375 bits per heavy atom. The summed E-state index contributed by atoms with van der Waals surface area (Å²) in [6.07, 6.45) is 33.1.